The fourth-order valence-electron chi connectivity index (χ4n) is 1.42. The van der Waals surface area contributed by atoms with Gasteiger partial charge in [-0.05, 0) is 6.07 Å². The third-order valence-electron chi connectivity index (χ3n) is 2.29. The molecule has 1 aromatic rings. The monoisotopic (exact) mass is 270 g/mol. The molecule has 0 atom stereocenters. The van der Waals surface area contributed by atoms with Crippen LogP contribution in [0.5, 0.6) is 0 Å². The third kappa shape index (κ3) is 4.48. The lowest BCUT2D eigenvalue weighted by Crippen LogP contribution is -2.25. The first kappa shape index (κ1) is 14.8. The van der Waals surface area contributed by atoms with Crippen molar-refractivity contribution in [2.24, 2.45) is 0 Å². The van der Waals surface area contributed by atoms with Crippen molar-refractivity contribution in [1.29, 1.82) is 0 Å². The average Bonchev–Trinajstić information content (AvgIpc) is 2.38. The Morgan fingerprint density at radius 1 is 1.11 bits per heavy atom. The summed E-state index contributed by atoms with van der Waals surface area (Å²) >= 11 is 0. The molecule has 0 aliphatic carbocycles. The number of hydrogen-bond donors (Lipinski definition) is 3. The maximum atomic E-state index is 10.8. The smallest absolute Gasteiger partial charge is 0.299 e. The predicted molar refractivity (Wildman–Crippen MR) is 68.2 cm³/mol. The highest BCUT2D eigenvalue weighted by atomic mass is 16.6. The van der Waals surface area contributed by atoms with E-state index in [9.17, 15) is 20.2 Å². The quantitative estimate of drug-likeness (QED) is 0.356. The molecule has 0 aliphatic heterocycles. The Balaban J connectivity index is 2.71. The number of non-ortho nitro benzene ring substituents is 1. The second kappa shape index (κ2) is 7.24. The van der Waals surface area contributed by atoms with Crippen molar-refractivity contribution in [3.63, 3.8) is 0 Å². The Bertz CT molecular complexity index is 465. The van der Waals surface area contributed by atoms with Gasteiger partial charge < -0.3 is 15.7 Å². The maximum absolute atomic E-state index is 10.8. The van der Waals surface area contributed by atoms with Gasteiger partial charge in [0.2, 0.25) is 0 Å². The van der Waals surface area contributed by atoms with Crippen LogP contribution in [-0.4, -0.2) is 41.2 Å². The van der Waals surface area contributed by atoms with Crippen LogP contribution in [0.1, 0.15) is 0 Å². The van der Waals surface area contributed by atoms with Gasteiger partial charge in [0.25, 0.3) is 11.4 Å². The lowest BCUT2D eigenvalue weighted by Gasteiger charge is -2.07. The molecule has 0 saturated heterocycles. The summed E-state index contributed by atoms with van der Waals surface area (Å²) in [6, 6.07) is 3.43. The molecule has 104 valence electrons. The van der Waals surface area contributed by atoms with E-state index < -0.39 is 9.85 Å². The van der Waals surface area contributed by atoms with Crippen molar-refractivity contribution in [2.45, 2.75) is 0 Å². The van der Waals surface area contributed by atoms with Gasteiger partial charge in [-0.15, -0.1) is 0 Å². The molecule has 0 fully saturated rings. The number of anilines is 1. The molecule has 1 aromatic carbocycles. The van der Waals surface area contributed by atoms with E-state index in [1.54, 1.807) is 0 Å². The lowest BCUT2D eigenvalue weighted by molar-refractivity contribution is -0.393. The van der Waals surface area contributed by atoms with E-state index in [0.29, 0.717) is 19.6 Å². The van der Waals surface area contributed by atoms with Crippen molar-refractivity contribution in [3.8, 4) is 0 Å². The zero-order valence-corrected chi connectivity index (χ0v) is 10.0. The first-order valence-corrected chi connectivity index (χ1v) is 5.54. The van der Waals surface area contributed by atoms with Gasteiger partial charge in [-0.3, -0.25) is 20.2 Å². The predicted octanol–water partition coefficient (Wildman–Crippen LogP) is 0.497. The molecule has 9 heteroatoms. The third-order valence-corrected chi connectivity index (χ3v) is 2.29. The highest BCUT2D eigenvalue weighted by Crippen LogP contribution is 2.28. The first-order chi connectivity index (χ1) is 9.06. The van der Waals surface area contributed by atoms with Crippen LogP contribution in [0.3, 0.4) is 0 Å². The van der Waals surface area contributed by atoms with Crippen LogP contribution in [-0.2, 0) is 0 Å². The second-order valence-corrected chi connectivity index (χ2v) is 3.62. The molecule has 0 heterocycles. The normalized spacial score (nSPS) is 10.2. The molecule has 1 rings (SSSR count). The largest absolute Gasteiger partial charge is 0.395 e. The standard InChI is InChI=1S/C10H14N4O5/c15-6-5-11-3-4-12-9-2-1-8(13(16)17)7-10(9)14(18)19/h1-2,7,11-12,15H,3-6H2. The molecule has 0 bridgehead atoms. The zero-order valence-electron chi connectivity index (χ0n) is 10.0. The highest BCUT2D eigenvalue weighted by Gasteiger charge is 2.18. The lowest BCUT2D eigenvalue weighted by atomic mass is 10.2. The van der Waals surface area contributed by atoms with Crippen LogP contribution in [0.15, 0.2) is 18.2 Å². The van der Waals surface area contributed by atoms with Crippen molar-refractivity contribution in [2.75, 3.05) is 31.6 Å². The van der Waals surface area contributed by atoms with Crippen molar-refractivity contribution in [3.05, 3.63) is 38.4 Å². The molecule has 0 saturated carbocycles. The summed E-state index contributed by atoms with van der Waals surface area (Å²) in [5.41, 5.74) is -0.437. The summed E-state index contributed by atoms with van der Waals surface area (Å²) in [4.78, 5) is 20.0. The number of nitrogens with one attached hydrogen (secondary N) is 2. The number of benzene rings is 1. The summed E-state index contributed by atoms with van der Waals surface area (Å²) in [6.45, 7) is 1.36. The van der Waals surface area contributed by atoms with E-state index in [4.69, 9.17) is 5.11 Å². The molecule has 3 N–H and O–H groups in total. The summed E-state index contributed by atoms with van der Waals surface area (Å²) in [5, 5.41) is 35.6. The van der Waals surface area contributed by atoms with Crippen LogP contribution in [0.4, 0.5) is 17.1 Å². The Morgan fingerprint density at radius 2 is 1.84 bits per heavy atom. The van der Waals surface area contributed by atoms with E-state index in [0.717, 1.165) is 6.07 Å². The van der Waals surface area contributed by atoms with E-state index in [-0.39, 0.29) is 23.7 Å². The van der Waals surface area contributed by atoms with Gasteiger partial charge in [-0.25, -0.2) is 0 Å². The van der Waals surface area contributed by atoms with Gasteiger partial charge in [0.15, 0.2) is 0 Å². The number of aliphatic hydroxyl groups is 1. The Morgan fingerprint density at radius 3 is 2.42 bits per heavy atom. The number of rotatable bonds is 8. The van der Waals surface area contributed by atoms with Crippen molar-refractivity contribution >= 4 is 17.1 Å². The minimum absolute atomic E-state index is 0.0116. The topological polar surface area (TPSA) is 131 Å². The van der Waals surface area contributed by atoms with Crippen LogP contribution in [0, 0.1) is 20.2 Å². The number of hydrogen-bond acceptors (Lipinski definition) is 7. The van der Waals surface area contributed by atoms with Gasteiger partial charge in [0.1, 0.15) is 5.69 Å². The molecule has 0 spiro atoms. The van der Waals surface area contributed by atoms with Crippen LogP contribution in [0.2, 0.25) is 0 Å². The van der Waals surface area contributed by atoms with E-state index >= 15 is 0 Å². The summed E-state index contributed by atoms with van der Waals surface area (Å²) < 4.78 is 0. The highest BCUT2D eigenvalue weighted by molar-refractivity contribution is 5.65. The number of nitrogens with zero attached hydrogens (tertiary/aromatic N) is 2. The molecule has 0 amide bonds. The van der Waals surface area contributed by atoms with Gasteiger partial charge in [-0.2, -0.15) is 0 Å². The molecule has 0 aliphatic rings. The average molecular weight is 270 g/mol. The molecule has 9 nitrogen and oxygen atoms in total. The first-order valence-electron chi connectivity index (χ1n) is 5.54. The Hall–Kier alpha value is -2.26. The Labute approximate surface area is 108 Å². The number of nitro groups is 2. The minimum atomic E-state index is -0.681. The summed E-state index contributed by atoms with van der Waals surface area (Å²) in [6.07, 6.45) is 0. The van der Waals surface area contributed by atoms with Gasteiger partial charge in [0.05, 0.1) is 22.5 Å². The van der Waals surface area contributed by atoms with E-state index in [2.05, 4.69) is 10.6 Å². The van der Waals surface area contributed by atoms with Crippen LogP contribution < -0.4 is 10.6 Å². The fourth-order valence-corrected chi connectivity index (χ4v) is 1.42. The van der Waals surface area contributed by atoms with E-state index in [1.807, 2.05) is 0 Å². The minimum Gasteiger partial charge on any atom is -0.395 e. The number of nitro benzene ring substituents is 2. The maximum Gasteiger partial charge on any atom is 0.299 e. The van der Waals surface area contributed by atoms with Gasteiger partial charge in [0, 0.05) is 25.7 Å². The van der Waals surface area contributed by atoms with Crippen molar-refractivity contribution < 1.29 is 15.0 Å². The molecule has 0 radical (unpaired) electrons. The SMILES string of the molecule is O=[N+]([O-])c1ccc(NCCNCCO)c([N+](=O)[O-])c1. The molecule has 0 aromatic heterocycles. The molecular formula is C10H14N4O5. The van der Waals surface area contributed by atoms with E-state index in [1.165, 1.54) is 12.1 Å². The number of aliphatic hydroxyl groups excluding tert-OH is 1. The summed E-state index contributed by atoms with van der Waals surface area (Å²) in [5.74, 6) is 0. The van der Waals surface area contributed by atoms with Gasteiger partial charge >= 0.3 is 0 Å². The molecular weight excluding hydrogens is 256 g/mol. The van der Waals surface area contributed by atoms with Gasteiger partial charge in [-0.1, -0.05) is 0 Å². The van der Waals surface area contributed by atoms with Crippen LogP contribution in [0.25, 0.3) is 0 Å². The molecule has 0 unspecified atom stereocenters. The van der Waals surface area contributed by atoms with Crippen molar-refractivity contribution in [1.82, 2.24) is 5.32 Å². The molecule has 19 heavy (non-hydrogen) atoms. The second-order valence-electron chi connectivity index (χ2n) is 3.62. The Kier molecular flexibility index (Phi) is 5.64. The summed E-state index contributed by atoms with van der Waals surface area (Å²) in [7, 11) is 0. The van der Waals surface area contributed by atoms with Crippen LogP contribution >= 0.6 is 0 Å². The fraction of sp³-hybridized carbons (Fsp3) is 0.400. The zero-order chi connectivity index (χ0) is 14.3.